The number of methoxy groups -OCH3 is 1. The molecule has 1 saturated carbocycles. The molecule has 0 radical (unpaired) electrons. The van der Waals surface area contributed by atoms with Crippen LogP contribution in [-0.4, -0.2) is 57.1 Å². The summed E-state index contributed by atoms with van der Waals surface area (Å²) in [4.78, 5) is 30.0. The van der Waals surface area contributed by atoms with Gasteiger partial charge in [0.05, 0.1) is 19.1 Å². The number of nitrogens with one attached hydrogen (secondary N) is 1. The van der Waals surface area contributed by atoms with Crippen LogP contribution in [0, 0.1) is 0 Å². The molecule has 0 heterocycles. The Morgan fingerprint density at radius 2 is 1.55 bits per heavy atom. The van der Waals surface area contributed by atoms with Crippen LogP contribution in [0.5, 0.6) is 5.75 Å². The smallest absolute Gasteiger partial charge is 0.244 e. The monoisotopic (exact) mass is 613 g/mol. The minimum Gasteiger partial charge on any atom is -0.497 e. The van der Waals surface area contributed by atoms with Crippen LogP contribution in [0.4, 0.5) is 5.69 Å². The number of amides is 2. The van der Waals surface area contributed by atoms with Gasteiger partial charge in [0.2, 0.25) is 21.8 Å². The van der Waals surface area contributed by atoms with Crippen molar-refractivity contribution in [3.8, 4) is 5.75 Å². The summed E-state index contributed by atoms with van der Waals surface area (Å²) in [5.41, 5.74) is 2.08. The fraction of sp³-hybridized carbons (Fsp3) is 0.314. The molecule has 44 heavy (non-hydrogen) atoms. The summed E-state index contributed by atoms with van der Waals surface area (Å²) < 4.78 is 33.1. The molecule has 9 heteroatoms. The predicted octanol–water partition coefficient (Wildman–Crippen LogP) is 5.31. The van der Waals surface area contributed by atoms with E-state index >= 15 is 0 Å². The van der Waals surface area contributed by atoms with Crippen molar-refractivity contribution in [3.63, 3.8) is 0 Å². The van der Waals surface area contributed by atoms with Crippen molar-refractivity contribution in [2.24, 2.45) is 0 Å². The number of hydrogen-bond donors (Lipinski definition) is 1. The van der Waals surface area contributed by atoms with Crippen LogP contribution in [0.3, 0.4) is 0 Å². The minimum atomic E-state index is -3.88. The van der Waals surface area contributed by atoms with Gasteiger partial charge in [-0.15, -0.1) is 0 Å². The van der Waals surface area contributed by atoms with E-state index in [1.165, 1.54) is 4.90 Å². The van der Waals surface area contributed by atoms with Crippen molar-refractivity contribution in [1.29, 1.82) is 0 Å². The number of fused-ring (bicyclic) bond motifs is 1. The summed E-state index contributed by atoms with van der Waals surface area (Å²) in [6.45, 7) is -0.364. The number of carbonyl (C=O) groups excluding carboxylic acids is 2. The Balaban J connectivity index is 1.55. The van der Waals surface area contributed by atoms with Crippen LogP contribution < -0.4 is 14.4 Å². The third-order valence-electron chi connectivity index (χ3n) is 8.17. The predicted molar refractivity (Wildman–Crippen MR) is 174 cm³/mol. The SMILES string of the molecule is COc1cccc(CN(C(=O)CN(c2cccc3ccccc23)S(C)(=O)=O)[C@H](Cc2ccccc2)C(=O)NC2CCCC2)c1. The molecule has 1 N–H and O–H groups in total. The molecule has 1 atom stereocenters. The maximum absolute atomic E-state index is 14.5. The molecule has 0 unspecified atom stereocenters. The molecule has 8 nitrogen and oxygen atoms in total. The second kappa shape index (κ2) is 13.9. The maximum atomic E-state index is 14.5. The van der Waals surface area contributed by atoms with Gasteiger partial charge in [0.15, 0.2) is 0 Å². The first-order valence-electron chi connectivity index (χ1n) is 14.9. The van der Waals surface area contributed by atoms with Crippen LogP contribution in [0.2, 0.25) is 0 Å². The van der Waals surface area contributed by atoms with E-state index in [4.69, 9.17) is 4.74 Å². The molecule has 0 bridgehead atoms. The van der Waals surface area contributed by atoms with Gasteiger partial charge in [-0.3, -0.25) is 13.9 Å². The van der Waals surface area contributed by atoms with E-state index in [2.05, 4.69) is 5.32 Å². The Morgan fingerprint density at radius 3 is 2.27 bits per heavy atom. The number of benzene rings is 4. The van der Waals surface area contributed by atoms with Gasteiger partial charge in [0.1, 0.15) is 18.3 Å². The van der Waals surface area contributed by atoms with Crippen LogP contribution >= 0.6 is 0 Å². The number of nitrogens with zero attached hydrogens (tertiary/aromatic N) is 2. The third kappa shape index (κ3) is 7.58. The molecule has 2 amide bonds. The highest BCUT2D eigenvalue weighted by Gasteiger charge is 2.34. The van der Waals surface area contributed by atoms with Crippen LogP contribution in [-0.2, 0) is 32.6 Å². The zero-order valence-corrected chi connectivity index (χ0v) is 26.0. The standard InChI is InChI=1S/C35H39N3O5S/c1-43-30-19-10-14-27(22-30)24-37(33(23-26-12-4-3-5-13-26)35(40)36-29-17-7-8-18-29)34(39)25-38(44(2,41)42)32-21-11-16-28-15-6-9-20-31(28)32/h3-6,9-16,19-22,29,33H,7-8,17-18,23-25H2,1-2H3,(H,36,40)/t33-/m1/s1. The first kappa shape index (κ1) is 31.1. The summed E-state index contributed by atoms with van der Waals surface area (Å²) in [5, 5.41) is 4.77. The van der Waals surface area contributed by atoms with E-state index in [-0.39, 0.29) is 24.9 Å². The van der Waals surface area contributed by atoms with Gasteiger partial charge >= 0.3 is 0 Å². The zero-order valence-electron chi connectivity index (χ0n) is 25.2. The highest BCUT2D eigenvalue weighted by Crippen LogP contribution is 2.29. The number of ether oxygens (including phenoxy) is 1. The Labute approximate surface area is 259 Å². The summed E-state index contributed by atoms with van der Waals surface area (Å²) in [7, 11) is -2.31. The quantitative estimate of drug-likeness (QED) is 0.234. The van der Waals surface area contributed by atoms with Crippen molar-refractivity contribution < 1.29 is 22.7 Å². The third-order valence-corrected chi connectivity index (χ3v) is 9.30. The van der Waals surface area contributed by atoms with Crippen molar-refractivity contribution >= 4 is 38.3 Å². The van der Waals surface area contributed by atoms with Gasteiger partial charge in [-0.05, 0) is 47.6 Å². The molecule has 0 saturated heterocycles. The Hall–Kier alpha value is -4.37. The highest BCUT2D eigenvalue weighted by atomic mass is 32.2. The van der Waals surface area contributed by atoms with Crippen LogP contribution in [0.25, 0.3) is 10.8 Å². The van der Waals surface area contributed by atoms with Crippen molar-refractivity contribution in [3.05, 3.63) is 108 Å². The molecule has 1 aliphatic carbocycles. The second-order valence-corrected chi connectivity index (χ2v) is 13.2. The van der Waals surface area contributed by atoms with Gasteiger partial charge in [-0.25, -0.2) is 8.42 Å². The largest absolute Gasteiger partial charge is 0.497 e. The lowest BCUT2D eigenvalue weighted by molar-refractivity contribution is -0.140. The van der Waals surface area contributed by atoms with Crippen LogP contribution in [0.1, 0.15) is 36.8 Å². The molecule has 0 spiro atoms. The lowest BCUT2D eigenvalue weighted by Crippen LogP contribution is -2.54. The van der Waals surface area contributed by atoms with E-state index in [1.807, 2.05) is 84.9 Å². The van der Waals surface area contributed by atoms with Crippen molar-refractivity contribution in [2.75, 3.05) is 24.2 Å². The van der Waals surface area contributed by atoms with E-state index in [1.54, 1.807) is 19.2 Å². The second-order valence-electron chi connectivity index (χ2n) is 11.3. The van der Waals surface area contributed by atoms with E-state index < -0.39 is 28.5 Å². The van der Waals surface area contributed by atoms with E-state index in [9.17, 15) is 18.0 Å². The van der Waals surface area contributed by atoms with E-state index in [0.29, 0.717) is 16.8 Å². The van der Waals surface area contributed by atoms with Crippen molar-refractivity contribution in [2.45, 2.75) is 50.7 Å². The minimum absolute atomic E-state index is 0.0535. The zero-order chi connectivity index (χ0) is 31.1. The normalized spacial score (nSPS) is 14.2. The molecular weight excluding hydrogens is 574 g/mol. The fourth-order valence-electron chi connectivity index (χ4n) is 5.91. The van der Waals surface area contributed by atoms with Gasteiger partial charge in [-0.2, -0.15) is 0 Å². The van der Waals surface area contributed by atoms with Gasteiger partial charge < -0.3 is 15.0 Å². The molecular formula is C35H39N3O5S. The van der Waals surface area contributed by atoms with Crippen molar-refractivity contribution in [1.82, 2.24) is 10.2 Å². The molecule has 1 aliphatic rings. The Morgan fingerprint density at radius 1 is 0.886 bits per heavy atom. The highest BCUT2D eigenvalue weighted by molar-refractivity contribution is 7.92. The number of hydrogen-bond acceptors (Lipinski definition) is 5. The molecule has 230 valence electrons. The molecule has 4 aromatic carbocycles. The summed E-state index contributed by atoms with van der Waals surface area (Å²) in [6.07, 6.45) is 5.28. The fourth-order valence-corrected chi connectivity index (χ4v) is 6.77. The molecule has 1 fully saturated rings. The summed E-state index contributed by atoms with van der Waals surface area (Å²) >= 11 is 0. The van der Waals surface area contributed by atoms with Gasteiger partial charge in [-0.1, -0.05) is 91.7 Å². The average molecular weight is 614 g/mol. The Bertz CT molecular complexity index is 1700. The lowest BCUT2D eigenvalue weighted by atomic mass is 10.0. The molecule has 5 rings (SSSR count). The molecule has 0 aliphatic heterocycles. The number of rotatable bonds is 12. The molecule has 4 aromatic rings. The lowest BCUT2D eigenvalue weighted by Gasteiger charge is -2.34. The number of sulfonamides is 1. The first-order chi connectivity index (χ1) is 21.2. The summed E-state index contributed by atoms with van der Waals surface area (Å²) in [5.74, 6) is -0.0971. The van der Waals surface area contributed by atoms with Gasteiger partial charge in [0.25, 0.3) is 0 Å². The van der Waals surface area contributed by atoms with E-state index in [0.717, 1.165) is 52.8 Å². The Kier molecular flexibility index (Phi) is 9.85. The topological polar surface area (TPSA) is 96.0 Å². The average Bonchev–Trinajstić information content (AvgIpc) is 3.54. The molecule has 0 aromatic heterocycles. The van der Waals surface area contributed by atoms with Gasteiger partial charge in [0, 0.05) is 24.4 Å². The van der Waals surface area contributed by atoms with Crippen LogP contribution in [0.15, 0.2) is 97.1 Å². The number of carbonyl (C=O) groups is 2. The number of anilines is 1. The summed E-state index contributed by atoms with van der Waals surface area (Å²) in [6, 6.07) is 29.0. The first-order valence-corrected chi connectivity index (χ1v) is 16.8. The maximum Gasteiger partial charge on any atom is 0.244 e.